The van der Waals surface area contributed by atoms with Crippen molar-refractivity contribution in [2.75, 3.05) is 0 Å². The summed E-state index contributed by atoms with van der Waals surface area (Å²) in [6.07, 6.45) is -1.63. The summed E-state index contributed by atoms with van der Waals surface area (Å²) < 4.78 is 0. The number of aromatic hydroxyl groups is 1. The van der Waals surface area contributed by atoms with Gasteiger partial charge in [-0.3, -0.25) is 0 Å². The molecule has 1 rings (SSSR count). The molecule has 0 aliphatic carbocycles. The Morgan fingerprint density at radius 3 is 2.15 bits per heavy atom. The van der Waals surface area contributed by atoms with Crippen LogP contribution in [0.3, 0.4) is 0 Å². The fourth-order valence-electron chi connectivity index (χ4n) is 0.793. The van der Waals surface area contributed by atoms with Crippen molar-refractivity contribution in [3.8, 4) is 5.75 Å². The molecule has 2 N–H and O–H groups in total. The van der Waals surface area contributed by atoms with Crippen molar-refractivity contribution in [2.45, 2.75) is 6.10 Å². The smallest absolute Gasteiger partial charge is 0.547 e. The molecular weight excluding hydrogens is 183 g/mol. The van der Waals surface area contributed by atoms with Gasteiger partial charge in [-0.25, -0.2) is 0 Å². The van der Waals surface area contributed by atoms with E-state index in [1.807, 2.05) is 0 Å². The van der Waals surface area contributed by atoms with Crippen LogP contribution in [0, 0.1) is 0 Å². The summed E-state index contributed by atoms with van der Waals surface area (Å²) >= 11 is 0. The zero-order valence-electron chi connectivity index (χ0n) is 7.10. The minimum atomic E-state index is -1.63. The molecule has 0 saturated carbocycles. The number of aliphatic hydroxyl groups excluding tert-OH is 1. The predicted molar refractivity (Wildman–Crippen MR) is 38.1 cm³/mol. The van der Waals surface area contributed by atoms with Crippen LogP contribution < -0.4 is 34.7 Å². The van der Waals surface area contributed by atoms with Crippen LogP contribution >= 0.6 is 0 Å². The van der Waals surface area contributed by atoms with Gasteiger partial charge in [-0.2, -0.15) is 0 Å². The first-order chi connectivity index (χ1) is 5.61. The van der Waals surface area contributed by atoms with Gasteiger partial charge in [0.05, 0.1) is 5.97 Å². The topological polar surface area (TPSA) is 80.6 Å². The molecule has 0 aromatic heterocycles. The van der Waals surface area contributed by atoms with E-state index in [1.165, 1.54) is 24.3 Å². The monoisotopic (exact) mass is 190 g/mol. The Labute approximate surface area is 97.1 Å². The number of aliphatic hydroxyl groups is 1. The second-order valence-electron chi connectivity index (χ2n) is 2.31. The molecule has 0 radical (unpaired) electrons. The number of hydrogen-bond donors (Lipinski definition) is 2. The number of rotatable bonds is 2. The van der Waals surface area contributed by atoms with Crippen molar-refractivity contribution in [3.63, 3.8) is 0 Å². The van der Waals surface area contributed by atoms with Crippen LogP contribution in [-0.4, -0.2) is 16.2 Å². The molecule has 0 aliphatic rings. The minimum absolute atomic E-state index is 0. The molecule has 0 fully saturated rings. The van der Waals surface area contributed by atoms with Gasteiger partial charge in [0.25, 0.3) is 0 Å². The molecule has 0 bridgehead atoms. The second-order valence-corrected chi connectivity index (χ2v) is 2.31. The zero-order valence-corrected chi connectivity index (χ0v) is 9.10. The normalized spacial score (nSPS) is 11.5. The quantitative estimate of drug-likeness (QED) is 0.468. The zero-order chi connectivity index (χ0) is 9.14. The summed E-state index contributed by atoms with van der Waals surface area (Å²) in [4.78, 5) is 10.2. The summed E-state index contributed by atoms with van der Waals surface area (Å²) in [7, 11) is 0. The molecule has 0 spiro atoms. The van der Waals surface area contributed by atoms with Crippen molar-refractivity contribution in [1.29, 1.82) is 0 Å². The number of aliphatic carboxylic acids is 1. The maximum Gasteiger partial charge on any atom is 1.00 e. The Bertz CT molecular complexity index is 283. The van der Waals surface area contributed by atoms with E-state index in [0.29, 0.717) is 0 Å². The van der Waals surface area contributed by atoms with Gasteiger partial charge in [0.1, 0.15) is 11.9 Å². The average Bonchev–Trinajstić information content (AvgIpc) is 2.04. The van der Waals surface area contributed by atoms with E-state index in [9.17, 15) is 9.90 Å². The number of carboxylic acid groups (broad SMARTS) is 1. The van der Waals surface area contributed by atoms with Gasteiger partial charge in [0.2, 0.25) is 0 Å². The fourth-order valence-corrected chi connectivity index (χ4v) is 0.793. The minimum Gasteiger partial charge on any atom is -0.547 e. The standard InChI is InChI=1S/C8H8O4.Na/c9-6-3-1-5(2-4-6)7(10)8(11)12;/h1-4,7,9-10H,(H,11,12);/q;+1/p-1/t7-;/m1./s1. The SMILES string of the molecule is O=C([O-])[C@H](O)c1ccc(O)cc1.[Na+]. The van der Waals surface area contributed by atoms with Gasteiger partial charge in [-0.1, -0.05) is 12.1 Å². The number of carbonyl (C=O) groups is 1. The van der Waals surface area contributed by atoms with E-state index in [1.54, 1.807) is 0 Å². The maximum absolute atomic E-state index is 10.2. The summed E-state index contributed by atoms with van der Waals surface area (Å²) in [5, 5.41) is 27.9. The molecule has 0 unspecified atom stereocenters. The molecule has 4 nitrogen and oxygen atoms in total. The summed E-state index contributed by atoms with van der Waals surface area (Å²) in [5.41, 5.74) is 0.188. The van der Waals surface area contributed by atoms with Crippen molar-refractivity contribution < 1.29 is 49.7 Å². The van der Waals surface area contributed by atoms with E-state index in [-0.39, 0.29) is 40.9 Å². The van der Waals surface area contributed by atoms with Gasteiger partial charge in [-0.15, -0.1) is 0 Å². The average molecular weight is 190 g/mol. The third-order valence-electron chi connectivity index (χ3n) is 1.43. The molecule has 0 amide bonds. The van der Waals surface area contributed by atoms with Crippen molar-refractivity contribution >= 4 is 5.97 Å². The molecule has 0 saturated heterocycles. The van der Waals surface area contributed by atoms with Gasteiger partial charge in [0.15, 0.2) is 0 Å². The molecule has 13 heavy (non-hydrogen) atoms. The number of phenols is 1. The summed E-state index contributed by atoms with van der Waals surface area (Å²) in [6, 6.07) is 5.22. The fraction of sp³-hybridized carbons (Fsp3) is 0.125. The Hall–Kier alpha value is -0.550. The Morgan fingerprint density at radius 1 is 1.31 bits per heavy atom. The molecule has 1 aromatic rings. The van der Waals surface area contributed by atoms with Crippen molar-refractivity contribution in [2.24, 2.45) is 0 Å². The van der Waals surface area contributed by atoms with E-state index in [4.69, 9.17) is 10.2 Å². The van der Waals surface area contributed by atoms with E-state index < -0.39 is 12.1 Å². The first-order valence-corrected chi connectivity index (χ1v) is 3.29. The van der Waals surface area contributed by atoms with E-state index in [0.717, 1.165) is 0 Å². The molecule has 1 aromatic carbocycles. The molecule has 0 aliphatic heterocycles. The Kier molecular flexibility index (Phi) is 5.02. The number of benzene rings is 1. The molecular formula is C8H7NaO4. The van der Waals surface area contributed by atoms with Crippen LogP contribution in [-0.2, 0) is 4.79 Å². The maximum atomic E-state index is 10.2. The Morgan fingerprint density at radius 2 is 1.77 bits per heavy atom. The van der Waals surface area contributed by atoms with Crippen LogP contribution in [0.1, 0.15) is 11.7 Å². The summed E-state index contributed by atoms with van der Waals surface area (Å²) in [6.45, 7) is 0. The predicted octanol–water partition coefficient (Wildman–Crippen LogP) is -3.82. The van der Waals surface area contributed by atoms with E-state index >= 15 is 0 Å². The van der Waals surface area contributed by atoms with Gasteiger partial charge < -0.3 is 20.1 Å². The third-order valence-corrected chi connectivity index (χ3v) is 1.43. The largest absolute Gasteiger partial charge is 1.00 e. The molecule has 5 heteroatoms. The number of phenolic OH excluding ortho intramolecular Hbond substituents is 1. The van der Waals surface area contributed by atoms with Crippen LogP contribution in [0.5, 0.6) is 5.75 Å². The van der Waals surface area contributed by atoms with Crippen LogP contribution in [0.25, 0.3) is 0 Å². The number of carbonyl (C=O) groups excluding carboxylic acids is 1. The first kappa shape index (κ1) is 12.4. The van der Waals surface area contributed by atoms with Crippen molar-refractivity contribution in [3.05, 3.63) is 29.8 Å². The molecule has 1 atom stereocenters. The van der Waals surface area contributed by atoms with Gasteiger partial charge >= 0.3 is 29.6 Å². The van der Waals surface area contributed by atoms with Crippen LogP contribution in [0.15, 0.2) is 24.3 Å². The number of hydrogen-bond acceptors (Lipinski definition) is 4. The third kappa shape index (κ3) is 3.36. The van der Waals surface area contributed by atoms with Crippen LogP contribution in [0.2, 0.25) is 0 Å². The van der Waals surface area contributed by atoms with Crippen LogP contribution in [0.4, 0.5) is 0 Å². The van der Waals surface area contributed by atoms with Crippen molar-refractivity contribution in [1.82, 2.24) is 0 Å². The van der Waals surface area contributed by atoms with Gasteiger partial charge in [-0.05, 0) is 17.7 Å². The molecule has 64 valence electrons. The Balaban J connectivity index is 0.00000144. The molecule has 0 heterocycles. The first-order valence-electron chi connectivity index (χ1n) is 3.29. The second kappa shape index (κ2) is 5.24. The van der Waals surface area contributed by atoms with E-state index in [2.05, 4.69) is 0 Å². The van der Waals surface area contributed by atoms with Gasteiger partial charge in [0, 0.05) is 0 Å². The summed E-state index contributed by atoms with van der Waals surface area (Å²) in [5.74, 6) is -1.54. The number of carboxylic acids is 1.